The molecule has 1 aromatic heterocycles. The van der Waals surface area contributed by atoms with Crippen LogP contribution in [-0.2, 0) is 11.2 Å². The van der Waals surface area contributed by atoms with E-state index in [0.717, 1.165) is 18.2 Å². The molecule has 38 heavy (non-hydrogen) atoms. The molecule has 2 aromatic carbocycles. The summed E-state index contributed by atoms with van der Waals surface area (Å²) < 4.78 is 29.6. The highest BCUT2D eigenvalue weighted by atomic mass is 35.5. The second-order valence-electron chi connectivity index (χ2n) is 8.26. The van der Waals surface area contributed by atoms with Crippen LogP contribution in [0.25, 0.3) is 0 Å². The summed E-state index contributed by atoms with van der Waals surface area (Å²) in [5, 5.41) is 35.1. The van der Waals surface area contributed by atoms with E-state index in [4.69, 9.17) is 23.2 Å². The highest BCUT2D eigenvalue weighted by Gasteiger charge is 2.40. The van der Waals surface area contributed by atoms with Crippen LogP contribution in [-0.4, -0.2) is 51.6 Å². The number of benzene rings is 2. The highest BCUT2D eigenvalue weighted by molar-refractivity contribution is 7.12. The number of amides is 2. The molecule has 0 spiro atoms. The summed E-state index contributed by atoms with van der Waals surface area (Å²) in [6.45, 7) is -0.0506. The van der Waals surface area contributed by atoms with Gasteiger partial charge in [-0.2, -0.15) is 0 Å². The van der Waals surface area contributed by atoms with E-state index in [1.54, 1.807) is 17.5 Å². The average Bonchev–Trinajstić information content (AvgIpc) is 3.37. The summed E-state index contributed by atoms with van der Waals surface area (Å²) in [4.78, 5) is 36.9. The molecule has 202 valence electrons. The van der Waals surface area contributed by atoms with Crippen molar-refractivity contribution in [2.45, 2.75) is 30.9 Å². The van der Waals surface area contributed by atoms with E-state index in [1.165, 1.54) is 29.5 Å². The number of hydrogen-bond acceptors (Lipinski definition) is 6. The predicted octanol–water partition coefficient (Wildman–Crippen LogP) is 4.68. The lowest BCUT2D eigenvalue weighted by atomic mass is 9.96. The molecule has 0 bridgehead atoms. The minimum Gasteiger partial charge on any atom is -0.508 e. The van der Waals surface area contributed by atoms with Gasteiger partial charge in [0.2, 0.25) is 0 Å². The first-order valence-corrected chi connectivity index (χ1v) is 12.7. The number of aliphatic hydroxyl groups is 1. The van der Waals surface area contributed by atoms with Crippen molar-refractivity contribution in [3.8, 4) is 5.75 Å². The zero-order valence-corrected chi connectivity index (χ0v) is 21.8. The number of halogens is 4. The fraction of sp³-hybridized carbons (Fsp3) is 0.240. The Morgan fingerprint density at radius 2 is 1.71 bits per heavy atom. The molecular formula is C25H22Cl2F2N2O6S. The van der Waals surface area contributed by atoms with Crippen molar-refractivity contribution in [1.82, 2.24) is 10.6 Å². The molecular weight excluding hydrogens is 565 g/mol. The van der Waals surface area contributed by atoms with Gasteiger partial charge in [0.1, 0.15) is 17.9 Å². The van der Waals surface area contributed by atoms with Crippen molar-refractivity contribution >= 4 is 52.3 Å². The summed E-state index contributed by atoms with van der Waals surface area (Å²) in [7, 11) is 0. The Balaban J connectivity index is 1.68. The standard InChI is InChI=1S/C25H22Cl2F2N2O6S/c26-16-9-13(12-25(28,29)21(33)14-3-1-4-15(32)11-14)10-17(27)20(16)23(35)31-18(24(36)37)6-7-30-22(34)19-5-2-8-38-19/h1-5,8-11,18,21,32-33H,6-7,12H2,(H,30,34)(H,31,35)(H,36,37)/t18-,21?/m0/s1. The Morgan fingerprint density at radius 1 is 1.03 bits per heavy atom. The summed E-state index contributed by atoms with van der Waals surface area (Å²) in [5.41, 5.74) is -0.607. The third-order valence-electron chi connectivity index (χ3n) is 5.42. The largest absolute Gasteiger partial charge is 0.508 e. The second kappa shape index (κ2) is 12.5. The molecule has 13 heteroatoms. The number of alkyl halides is 2. The number of carboxylic acids is 1. The fourth-order valence-electron chi connectivity index (χ4n) is 3.56. The number of aliphatic carboxylic acids is 1. The predicted molar refractivity (Wildman–Crippen MR) is 138 cm³/mol. The van der Waals surface area contributed by atoms with Gasteiger partial charge in [-0.15, -0.1) is 11.3 Å². The van der Waals surface area contributed by atoms with E-state index in [0.29, 0.717) is 4.88 Å². The summed E-state index contributed by atoms with van der Waals surface area (Å²) in [6.07, 6.45) is -3.39. The van der Waals surface area contributed by atoms with Crippen LogP contribution in [0, 0.1) is 0 Å². The molecule has 0 fully saturated rings. The molecule has 3 rings (SSSR count). The Hall–Kier alpha value is -3.25. The topological polar surface area (TPSA) is 136 Å². The SMILES string of the molecule is O=C(NCC[C@H](NC(=O)c1c(Cl)cc(CC(F)(F)C(O)c2cccc(O)c2)cc1Cl)C(=O)O)c1cccs1. The van der Waals surface area contributed by atoms with Crippen LogP contribution >= 0.6 is 34.5 Å². The third-order valence-corrected chi connectivity index (χ3v) is 6.89. The lowest BCUT2D eigenvalue weighted by Crippen LogP contribution is -2.43. The molecule has 8 nitrogen and oxygen atoms in total. The Morgan fingerprint density at radius 3 is 2.29 bits per heavy atom. The summed E-state index contributed by atoms with van der Waals surface area (Å²) in [6, 6.07) is 8.87. The van der Waals surface area contributed by atoms with Gasteiger partial charge in [-0.25, -0.2) is 13.6 Å². The fourth-order valence-corrected chi connectivity index (χ4v) is 4.91. The molecule has 3 aromatic rings. The molecule has 0 saturated carbocycles. The molecule has 0 saturated heterocycles. The highest BCUT2D eigenvalue weighted by Crippen LogP contribution is 2.37. The number of hydrogen-bond donors (Lipinski definition) is 5. The maximum Gasteiger partial charge on any atom is 0.326 e. The minimum absolute atomic E-state index is 0.0506. The number of aliphatic hydroxyl groups excluding tert-OH is 1. The van der Waals surface area contributed by atoms with E-state index < -0.39 is 36.4 Å². The number of aromatic hydroxyl groups is 1. The zero-order chi connectivity index (χ0) is 28.0. The molecule has 0 aliphatic rings. The van der Waals surface area contributed by atoms with Gasteiger partial charge in [-0.3, -0.25) is 9.59 Å². The maximum absolute atomic E-state index is 14.8. The minimum atomic E-state index is -3.69. The van der Waals surface area contributed by atoms with Gasteiger partial charge in [-0.1, -0.05) is 41.4 Å². The number of nitrogens with one attached hydrogen (secondary N) is 2. The molecule has 0 aliphatic carbocycles. The van der Waals surface area contributed by atoms with E-state index in [1.807, 2.05) is 0 Å². The van der Waals surface area contributed by atoms with Crippen LogP contribution in [0.1, 0.15) is 43.7 Å². The van der Waals surface area contributed by atoms with Crippen LogP contribution in [0.2, 0.25) is 10.0 Å². The molecule has 0 aliphatic heterocycles. The van der Waals surface area contributed by atoms with Gasteiger partial charge in [0.05, 0.1) is 20.5 Å². The third kappa shape index (κ3) is 7.41. The van der Waals surface area contributed by atoms with Crippen molar-refractivity contribution in [2.24, 2.45) is 0 Å². The number of rotatable bonds is 11. The van der Waals surface area contributed by atoms with Crippen molar-refractivity contribution in [2.75, 3.05) is 6.54 Å². The molecule has 2 atom stereocenters. The van der Waals surface area contributed by atoms with Crippen LogP contribution < -0.4 is 10.6 Å². The maximum atomic E-state index is 14.8. The number of thiophene rings is 1. The second-order valence-corrected chi connectivity index (χ2v) is 10.0. The van der Waals surface area contributed by atoms with Gasteiger partial charge < -0.3 is 26.0 Å². The molecule has 1 unspecified atom stereocenters. The number of phenols is 1. The van der Waals surface area contributed by atoms with Gasteiger partial charge in [0, 0.05) is 13.0 Å². The Labute approximate surface area is 229 Å². The molecule has 1 heterocycles. The van der Waals surface area contributed by atoms with Crippen molar-refractivity contribution in [3.63, 3.8) is 0 Å². The van der Waals surface area contributed by atoms with Crippen molar-refractivity contribution in [1.29, 1.82) is 0 Å². The lowest BCUT2D eigenvalue weighted by Gasteiger charge is -2.23. The molecule has 2 amide bonds. The normalized spacial score (nSPS) is 13.0. The first kappa shape index (κ1) is 29.3. The van der Waals surface area contributed by atoms with E-state index >= 15 is 0 Å². The smallest absolute Gasteiger partial charge is 0.326 e. The first-order chi connectivity index (χ1) is 17.9. The van der Waals surface area contributed by atoms with Crippen LogP contribution in [0.15, 0.2) is 53.9 Å². The molecule has 5 N–H and O–H groups in total. The zero-order valence-electron chi connectivity index (χ0n) is 19.5. The lowest BCUT2D eigenvalue weighted by molar-refractivity contribution is -0.139. The van der Waals surface area contributed by atoms with E-state index in [2.05, 4.69) is 10.6 Å². The monoisotopic (exact) mass is 586 g/mol. The number of carboxylic acid groups (broad SMARTS) is 1. The van der Waals surface area contributed by atoms with E-state index in [-0.39, 0.29) is 51.4 Å². The first-order valence-electron chi connectivity index (χ1n) is 11.1. The number of phenolic OH excluding ortho intramolecular Hbond substituents is 1. The van der Waals surface area contributed by atoms with Crippen LogP contribution in [0.5, 0.6) is 5.75 Å². The van der Waals surface area contributed by atoms with Crippen molar-refractivity contribution in [3.05, 3.63) is 85.5 Å². The van der Waals surface area contributed by atoms with Gasteiger partial charge in [-0.05, 0) is 53.3 Å². The van der Waals surface area contributed by atoms with E-state index in [9.17, 15) is 38.5 Å². The van der Waals surface area contributed by atoms with Gasteiger partial charge in [0.25, 0.3) is 17.7 Å². The van der Waals surface area contributed by atoms with Gasteiger partial charge >= 0.3 is 5.97 Å². The number of carbonyl (C=O) groups excluding carboxylic acids is 2. The Kier molecular flexibility index (Phi) is 9.66. The Bertz CT molecular complexity index is 1300. The van der Waals surface area contributed by atoms with Crippen LogP contribution in [0.3, 0.4) is 0 Å². The average molecular weight is 587 g/mol. The van der Waals surface area contributed by atoms with Crippen molar-refractivity contribution < 1.29 is 38.5 Å². The number of carbonyl (C=O) groups is 3. The summed E-state index contributed by atoms with van der Waals surface area (Å²) in [5.74, 6) is -6.68. The summed E-state index contributed by atoms with van der Waals surface area (Å²) >= 11 is 13.5. The van der Waals surface area contributed by atoms with Crippen LogP contribution in [0.4, 0.5) is 8.78 Å². The quantitative estimate of drug-likeness (QED) is 0.221. The van der Waals surface area contributed by atoms with Gasteiger partial charge in [0.15, 0.2) is 0 Å². The molecule has 0 radical (unpaired) electrons.